The summed E-state index contributed by atoms with van der Waals surface area (Å²) >= 11 is 6.75. The van der Waals surface area contributed by atoms with Gasteiger partial charge >= 0.3 is 0 Å². The van der Waals surface area contributed by atoms with Crippen LogP contribution in [0.25, 0.3) is 5.03 Å². The van der Waals surface area contributed by atoms with Gasteiger partial charge in [-0.1, -0.05) is 74.0 Å². The van der Waals surface area contributed by atoms with Crippen LogP contribution in [0.1, 0.15) is 37.0 Å². The molecule has 1 atom stereocenters. The van der Waals surface area contributed by atoms with E-state index in [4.69, 9.17) is 16.6 Å². The first kappa shape index (κ1) is 16.5. The molecular formula is C23H19ClN2O. The van der Waals surface area contributed by atoms with Crippen molar-refractivity contribution in [2.24, 2.45) is 4.99 Å². The number of carbonyl (C=O) groups is 1. The van der Waals surface area contributed by atoms with Crippen molar-refractivity contribution in [3.05, 3.63) is 83.6 Å². The van der Waals surface area contributed by atoms with Crippen molar-refractivity contribution >= 4 is 33.9 Å². The number of allylic oxidation sites excluding steroid dienone is 1. The molecular weight excluding hydrogens is 356 g/mol. The molecule has 3 nitrogen and oxygen atoms in total. The fourth-order valence-corrected chi connectivity index (χ4v) is 4.66. The summed E-state index contributed by atoms with van der Waals surface area (Å²) in [7, 11) is 0. The molecule has 3 aliphatic heterocycles. The molecule has 5 rings (SSSR count). The fourth-order valence-electron chi connectivity index (χ4n) is 4.40. The van der Waals surface area contributed by atoms with Crippen molar-refractivity contribution in [3.8, 4) is 0 Å². The molecule has 0 aliphatic carbocycles. The van der Waals surface area contributed by atoms with Gasteiger partial charge < -0.3 is 4.90 Å². The number of nitrogens with zero attached hydrogens (tertiary/aromatic N) is 2. The van der Waals surface area contributed by atoms with Gasteiger partial charge in [0.1, 0.15) is 5.54 Å². The summed E-state index contributed by atoms with van der Waals surface area (Å²) in [4.78, 5) is 19.2. The highest BCUT2D eigenvalue weighted by Gasteiger charge is 2.58. The van der Waals surface area contributed by atoms with Crippen molar-refractivity contribution in [2.75, 3.05) is 0 Å². The fraction of sp³-hybridized carbons (Fsp3) is 0.217. The molecule has 1 fully saturated rings. The molecule has 1 amide bonds. The summed E-state index contributed by atoms with van der Waals surface area (Å²) in [5.74, 6) is 0.0586. The van der Waals surface area contributed by atoms with Crippen LogP contribution in [0.3, 0.4) is 0 Å². The van der Waals surface area contributed by atoms with Gasteiger partial charge in [-0.15, -0.1) is 0 Å². The standard InChI is InChI=1S/C23H19ClN2O/c1-22(2)12-11-20-23(17-9-5-6-10-19(17)25-20)13-21(27)26(23)14-18(24)15-7-3-4-8-16(15)22/h3-12,14H,13H2,1-2H3/b12-11-,18-14+. The Morgan fingerprint density at radius 2 is 1.74 bits per heavy atom. The van der Waals surface area contributed by atoms with Gasteiger partial charge in [0.2, 0.25) is 5.91 Å². The van der Waals surface area contributed by atoms with E-state index in [0.717, 1.165) is 28.1 Å². The monoisotopic (exact) mass is 374 g/mol. The molecule has 134 valence electrons. The predicted molar refractivity (Wildman–Crippen MR) is 109 cm³/mol. The maximum Gasteiger partial charge on any atom is 0.230 e. The number of benzene rings is 2. The van der Waals surface area contributed by atoms with E-state index in [1.54, 1.807) is 11.1 Å². The second kappa shape index (κ2) is 5.43. The number of hydrogen-bond donors (Lipinski definition) is 0. The van der Waals surface area contributed by atoms with Crippen LogP contribution in [-0.4, -0.2) is 16.5 Å². The van der Waals surface area contributed by atoms with E-state index >= 15 is 0 Å². The lowest BCUT2D eigenvalue weighted by molar-refractivity contribution is -0.145. The maximum absolute atomic E-state index is 12.6. The number of halogens is 1. The summed E-state index contributed by atoms with van der Waals surface area (Å²) in [6, 6.07) is 16.1. The van der Waals surface area contributed by atoms with Crippen molar-refractivity contribution in [1.29, 1.82) is 0 Å². The molecule has 0 saturated carbocycles. The average Bonchev–Trinajstić information content (AvgIpc) is 3.00. The minimum absolute atomic E-state index is 0.0586. The Hall–Kier alpha value is -2.65. The molecule has 27 heavy (non-hydrogen) atoms. The molecule has 3 aliphatic rings. The summed E-state index contributed by atoms with van der Waals surface area (Å²) in [5, 5.41) is 0.574. The Bertz CT molecular complexity index is 1080. The quantitative estimate of drug-likeness (QED) is 0.577. The highest BCUT2D eigenvalue weighted by molar-refractivity contribution is 6.49. The van der Waals surface area contributed by atoms with E-state index in [2.05, 4.69) is 38.1 Å². The molecule has 3 heterocycles. The van der Waals surface area contributed by atoms with Crippen molar-refractivity contribution < 1.29 is 4.79 Å². The number of aliphatic imine (C=N–C) groups is 1. The second-order valence-electron chi connectivity index (χ2n) is 7.89. The van der Waals surface area contributed by atoms with E-state index in [1.165, 1.54) is 0 Å². The number of fused-ring (bicyclic) bond motifs is 2. The van der Waals surface area contributed by atoms with Crippen molar-refractivity contribution in [3.63, 3.8) is 0 Å². The molecule has 1 unspecified atom stereocenters. The zero-order chi connectivity index (χ0) is 18.8. The minimum Gasteiger partial charge on any atom is -0.301 e. The van der Waals surface area contributed by atoms with Crippen LogP contribution in [0, 0.1) is 0 Å². The predicted octanol–water partition coefficient (Wildman–Crippen LogP) is 5.29. The average molecular weight is 375 g/mol. The Morgan fingerprint density at radius 3 is 2.52 bits per heavy atom. The highest BCUT2D eigenvalue weighted by atomic mass is 35.5. The van der Waals surface area contributed by atoms with Gasteiger partial charge in [0.05, 0.1) is 22.9 Å². The van der Waals surface area contributed by atoms with Crippen LogP contribution in [0.2, 0.25) is 0 Å². The molecule has 1 spiro atoms. The van der Waals surface area contributed by atoms with Crippen LogP contribution in [0.5, 0.6) is 0 Å². The third-order valence-electron chi connectivity index (χ3n) is 5.88. The first-order chi connectivity index (χ1) is 12.9. The molecule has 0 aromatic heterocycles. The van der Waals surface area contributed by atoms with Crippen LogP contribution < -0.4 is 0 Å². The molecule has 1 saturated heterocycles. The highest BCUT2D eigenvalue weighted by Crippen LogP contribution is 2.52. The number of hydrogen-bond acceptors (Lipinski definition) is 2. The lowest BCUT2D eigenvalue weighted by Crippen LogP contribution is -2.61. The Balaban J connectivity index is 1.80. The van der Waals surface area contributed by atoms with Crippen molar-refractivity contribution in [2.45, 2.75) is 31.2 Å². The largest absolute Gasteiger partial charge is 0.301 e. The third-order valence-corrected chi connectivity index (χ3v) is 6.18. The Kier molecular flexibility index (Phi) is 3.32. The van der Waals surface area contributed by atoms with Gasteiger partial charge in [0.15, 0.2) is 0 Å². The molecule has 0 bridgehead atoms. The van der Waals surface area contributed by atoms with Crippen LogP contribution in [0.15, 0.2) is 71.9 Å². The molecule has 2 aromatic carbocycles. The maximum atomic E-state index is 12.6. The van der Waals surface area contributed by atoms with Crippen LogP contribution in [0.4, 0.5) is 5.69 Å². The van der Waals surface area contributed by atoms with Gasteiger partial charge in [-0.3, -0.25) is 9.79 Å². The zero-order valence-corrected chi connectivity index (χ0v) is 16.0. The Labute approximate surface area is 163 Å². The van der Waals surface area contributed by atoms with Crippen LogP contribution >= 0.6 is 11.6 Å². The van der Waals surface area contributed by atoms with E-state index in [1.807, 2.05) is 36.4 Å². The Morgan fingerprint density at radius 1 is 1.04 bits per heavy atom. The third kappa shape index (κ3) is 2.15. The van der Waals surface area contributed by atoms with Gasteiger partial charge in [-0.05, 0) is 23.3 Å². The van der Waals surface area contributed by atoms with Gasteiger partial charge in [-0.25, -0.2) is 0 Å². The molecule has 4 heteroatoms. The summed E-state index contributed by atoms with van der Waals surface area (Å²) in [6.45, 7) is 4.35. The molecule has 0 N–H and O–H groups in total. The molecule has 0 radical (unpaired) electrons. The number of para-hydroxylation sites is 1. The van der Waals surface area contributed by atoms with E-state index < -0.39 is 5.54 Å². The lowest BCUT2D eigenvalue weighted by atomic mass is 9.73. The van der Waals surface area contributed by atoms with E-state index in [9.17, 15) is 4.79 Å². The van der Waals surface area contributed by atoms with Gasteiger partial charge in [0, 0.05) is 17.2 Å². The van der Waals surface area contributed by atoms with Crippen LogP contribution in [-0.2, 0) is 15.7 Å². The van der Waals surface area contributed by atoms with Gasteiger partial charge in [-0.2, -0.15) is 0 Å². The topological polar surface area (TPSA) is 32.7 Å². The lowest BCUT2D eigenvalue weighted by Gasteiger charge is -2.49. The smallest absolute Gasteiger partial charge is 0.230 e. The number of carbonyl (C=O) groups excluding carboxylic acids is 1. The minimum atomic E-state index is -0.549. The van der Waals surface area contributed by atoms with E-state index in [-0.39, 0.29) is 11.3 Å². The normalized spacial score (nSPS) is 27.8. The second-order valence-corrected chi connectivity index (χ2v) is 8.30. The summed E-state index contributed by atoms with van der Waals surface area (Å²) < 4.78 is 0. The van der Waals surface area contributed by atoms with Gasteiger partial charge in [0.25, 0.3) is 0 Å². The van der Waals surface area contributed by atoms with E-state index in [0.29, 0.717) is 11.5 Å². The first-order valence-corrected chi connectivity index (χ1v) is 9.48. The summed E-state index contributed by atoms with van der Waals surface area (Å²) in [5.41, 5.74) is 4.20. The zero-order valence-electron chi connectivity index (χ0n) is 15.2. The number of β-lactam (4-membered cyclic amide) rings is 1. The SMILES string of the molecule is CC1(C)/C=C\C2=Nc3ccccc3C23CC(=O)N3/C=C(/Cl)c2ccccc21. The first-order valence-electron chi connectivity index (χ1n) is 9.11. The number of rotatable bonds is 0. The number of amides is 1. The molecule has 2 aromatic rings. The van der Waals surface area contributed by atoms with Crippen molar-refractivity contribution in [1.82, 2.24) is 4.90 Å². The summed E-state index contributed by atoms with van der Waals surface area (Å²) in [6.07, 6.45) is 6.47.